The lowest BCUT2D eigenvalue weighted by Gasteiger charge is -2.26. The maximum Gasteiger partial charge on any atom is 0.263 e. The zero-order valence-corrected chi connectivity index (χ0v) is 15.0. The first-order chi connectivity index (χ1) is 11.6. The fourth-order valence-corrected chi connectivity index (χ4v) is 2.44. The van der Waals surface area contributed by atoms with Crippen LogP contribution in [0.5, 0.6) is 5.75 Å². The van der Waals surface area contributed by atoms with E-state index >= 15 is 0 Å². The summed E-state index contributed by atoms with van der Waals surface area (Å²) in [5.41, 5.74) is 6.77. The molecule has 2 aromatic rings. The van der Waals surface area contributed by atoms with Crippen LogP contribution in [-0.2, 0) is 11.2 Å². The number of rotatable bonds is 8. The number of hydrogen-bond acceptors (Lipinski definition) is 3. The second-order valence-corrected chi connectivity index (χ2v) is 5.54. The van der Waals surface area contributed by atoms with Gasteiger partial charge in [0, 0.05) is 19.6 Å². The second kappa shape index (κ2) is 10.7. The van der Waals surface area contributed by atoms with Crippen molar-refractivity contribution in [3.05, 3.63) is 66.0 Å². The maximum absolute atomic E-state index is 13.7. The van der Waals surface area contributed by atoms with Gasteiger partial charge in [0.1, 0.15) is 0 Å². The Hall–Kier alpha value is -2.11. The fourth-order valence-electron chi connectivity index (χ4n) is 2.44. The summed E-state index contributed by atoms with van der Waals surface area (Å²) >= 11 is 0. The van der Waals surface area contributed by atoms with Crippen LogP contribution in [0.4, 0.5) is 4.39 Å². The van der Waals surface area contributed by atoms with Crippen molar-refractivity contribution in [2.24, 2.45) is 5.73 Å². The number of para-hydroxylation sites is 1. The number of nitrogens with two attached hydrogens (primary N) is 1. The summed E-state index contributed by atoms with van der Waals surface area (Å²) in [4.78, 5) is 14.3. The summed E-state index contributed by atoms with van der Waals surface area (Å²) in [5, 5.41) is 0. The topological polar surface area (TPSA) is 55.6 Å². The monoisotopic (exact) mass is 366 g/mol. The number of benzene rings is 2. The van der Waals surface area contributed by atoms with E-state index in [1.807, 2.05) is 30.3 Å². The number of nitrogens with zero attached hydrogens (tertiary/aromatic N) is 1. The van der Waals surface area contributed by atoms with Crippen LogP contribution < -0.4 is 10.5 Å². The molecule has 0 radical (unpaired) electrons. The molecule has 2 N–H and O–H groups in total. The van der Waals surface area contributed by atoms with Crippen LogP contribution in [0.15, 0.2) is 54.6 Å². The van der Waals surface area contributed by atoms with Crippen LogP contribution >= 0.6 is 12.4 Å². The number of hydrogen-bond donors (Lipinski definition) is 1. The Labute approximate surface area is 154 Å². The third-order valence-corrected chi connectivity index (χ3v) is 3.71. The highest BCUT2D eigenvalue weighted by atomic mass is 35.5. The maximum atomic E-state index is 13.7. The Balaban J connectivity index is 0.00000312. The fraction of sp³-hybridized carbons (Fsp3) is 0.316. The first-order valence-corrected chi connectivity index (χ1v) is 8.05. The molecule has 4 nitrogen and oxygen atoms in total. The van der Waals surface area contributed by atoms with E-state index in [1.54, 1.807) is 24.0 Å². The lowest BCUT2D eigenvalue weighted by atomic mass is 10.1. The molecule has 2 rings (SSSR count). The Kier molecular flexibility index (Phi) is 8.95. The summed E-state index contributed by atoms with van der Waals surface area (Å²) in [7, 11) is 0. The van der Waals surface area contributed by atoms with Crippen molar-refractivity contribution in [2.45, 2.75) is 19.4 Å². The SMILES string of the molecule is CC(Oc1ccccc1F)C(=O)N(CCN)CCc1ccccc1.Cl. The molecule has 0 aliphatic heterocycles. The minimum atomic E-state index is -0.774. The van der Waals surface area contributed by atoms with E-state index in [0.717, 1.165) is 12.0 Å². The first-order valence-electron chi connectivity index (χ1n) is 8.05. The van der Waals surface area contributed by atoms with E-state index in [1.165, 1.54) is 12.1 Å². The van der Waals surface area contributed by atoms with Gasteiger partial charge in [0.15, 0.2) is 17.7 Å². The molecular weight excluding hydrogens is 343 g/mol. The van der Waals surface area contributed by atoms with Crippen LogP contribution in [-0.4, -0.2) is 36.5 Å². The Morgan fingerprint density at radius 1 is 1.12 bits per heavy atom. The van der Waals surface area contributed by atoms with Crippen LogP contribution in [0.2, 0.25) is 0 Å². The van der Waals surface area contributed by atoms with Crippen molar-refractivity contribution >= 4 is 18.3 Å². The van der Waals surface area contributed by atoms with Crippen LogP contribution in [0, 0.1) is 5.82 Å². The number of amides is 1. The summed E-state index contributed by atoms with van der Waals surface area (Å²) in [6.45, 7) is 2.98. The number of ether oxygens (including phenoxy) is 1. The quantitative estimate of drug-likeness (QED) is 0.781. The molecule has 1 atom stereocenters. The predicted octanol–water partition coefficient (Wildman–Crippen LogP) is 3.04. The molecule has 0 aliphatic rings. The van der Waals surface area contributed by atoms with Gasteiger partial charge in [-0.15, -0.1) is 12.4 Å². The molecular formula is C19H24ClFN2O2. The molecule has 1 amide bonds. The van der Waals surface area contributed by atoms with Crippen molar-refractivity contribution in [1.82, 2.24) is 4.90 Å². The van der Waals surface area contributed by atoms with E-state index in [2.05, 4.69) is 0 Å². The van der Waals surface area contributed by atoms with Gasteiger partial charge in [-0.2, -0.15) is 0 Å². The van der Waals surface area contributed by atoms with E-state index < -0.39 is 11.9 Å². The molecule has 25 heavy (non-hydrogen) atoms. The van der Waals surface area contributed by atoms with Crippen molar-refractivity contribution in [3.63, 3.8) is 0 Å². The van der Waals surface area contributed by atoms with Crippen molar-refractivity contribution in [2.75, 3.05) is 19.6 Å². The van der Waals surface area contributed by atoms with Crippen molar-refractivity contribution < 1.29 is 13.9 Å². The first kappa shape index (κ1) is 20.9. The molecule has 0 fully saturated rings. The number of carbonyl (C=O) groups excluding carboxylic acids is 1. The van der Waals surface area contributed by atoms with Gasteiger partial charge in [0.05, 0.1) is 0 Å². The largest absolute Gasteiger partial charge is 0.478 e. The van der Waals surface area contributed by atoms with Gasteiger partial charge in [0.25, 0.3) is 5.91 Å². The standard InChI is InChI=1S/C19H23FN2O2.ClH/c1-15(24-18-10-6-5-9-17(18)20)19(23)22(14-12-21)13-11-16-7-3-2-4-8-16;/h2-10,15H,11-14,21H2,1H3;1H. The number of carbonyl (C=O) groups is 1. The van der Waals surface area contributed by atoms with Crippen molar-refractivity contribution in [3.8, 4) is 5.75 Å². The molecule has 0 saturated carbocycles. The second-order valence-electron chi connectivity index (χ2n) is 5.54. The minimum absolute atomic E-state index is 0. The van der Waals surface area contributed by atoms with Gasteiger partial charge in [-0.1, -0.05) is 42.5 Å². The highest BCUT2D eigenvalue weighted by Gasteiger charge is 2.22. The highest BCUT2D eigenvalue weighted by Crippen LogP contribution is 2.17. The molecule has 0 aromatic heterocycles. The van der Waals surface area contributed by atoms with Gasteiger partial charge in [-0.05, 0) is 31.0 Å². The summed E-state index contributed by atoms with van der Waals surface area (Å²) in [6, 6.07) is 16.0. The molecule has 0 bridgehead atoms. The van der Waals surface area contributed by atoms with Crippen LogP contribution in [0.1, 0.15) is 12.5 Å². The average molecular weight is 367 g/mol. The summed E-state index contributed by atoms with van der Waals surface area (Å²) < 4.78 is 19.1. The minimum Gasteiger partial charge on any atom is -0.478 e. The molecule has 0 aliphatic carbocycles. The van der Waals surface area contributed by atoms with E-state index in [-0.39, 0.29) is 24.1 Å². The Morgan fingerprint density at radius 2 is 1.76 bits per heavy atom. The smallest absolute Gasteiger partial charge is 0.263 e. The van der Waals surface area contributed by atoms with Gasteiger partial charge in [-0.25, -0.2) is 4.39 Å². The molecule has 2 aromatic carbocycles. The Morgan fingerprint density at radius 3 is 2.40 bits per heavy atom. The van der Waals surface area contributed by atoms with Gasteiger partial charge in [-0.3, -0.25) is 4.79 Å². The third-order valence-electron chi connectivity index (χ3n) is 3.71. The van der Waals surface area contributed by atoms with Crippen LogP contribution in [0.3, 0.4) is 0 Å². The van der Waals surface area contributed by atoms with E-state index in [4.69, 9.17) is 10.5 Å². The van der Waals surface area contributed by atoms with Gasteiger partial charge >= 0.3 is 0 Å². The van der Waals surface area contributed by atoms with Crippen LogP contribution in [0.25, 0.3) is 0 Å². The van der Waals surface area contributed by atoms with E-state index in [9.17, 15) is 9.18 Å². The average Bonchev–Trinajstić information content (AvgIpc) is 2.61. The molecule has 1 unspecified atom stereocenters. The number of halogens is 2. The highest BCUT2D eigenvalue weighted by molar-refractivity contribution is 5.85. The lowest BCUT2D eigenvalue weighted by Crippen LogP contribution is -2.44. The summed E-state index contributed by atoms with van der Waals surface area (Å²) in [6.07, 6.45) is -0.0388. The van der Waals surface area contributed by atoms with Gasteiger partial charge in [0.2, 0.25) is 0 Å². The lowest BCUT2D eigenvalue weighted by molar-refractivity contribution is -0.137. The van der Waals surface area contributed by atoms with Crippen molar-refractivity contribution in [1.29, 1.82) is 0 Å². The molecule has 0 heterocycles. The zero-order chi connectivity index (χ0) is 17.4. The third kappa shape index (κ3) is 6.36. The molecule has 0 spiro atoms. The molecule has 136 valence electrons. The normalized spacial score (nSPS) is 11.3. The van der Waals surface area contributed by atoms with Gasteiger partial charge < -0.3 is 15.4 Å². The Bertz CT molecular complexity index is 655. The predicted molar refractivity (Wildman–Crippen MR) is 99.5 cm³/mol. The summed E-state index contributed by atoms with van der Waals surface area (Å²) in [5.74, 6) is -0.597. The molecule has 6 heteroatoms. The van der Waals surface area contributed by atoms with E-state index in [0.29, 0.717) is 19.6 Å². The zero-order valence-electron chi connectivity index (χ0n) is 14.2. The molecule has 0 saturated heterocycles.